The van der Waals surface area contributed by atoms with Crippen molar-refractivity contribution in [2.75, 3.05) is 13.2 Å². The molecule has 0 fully saturated rings. The maximum absolute atomic E-state index is 12.9. The molecule has 0 aliphatic carbocycles. The molecule has 0 amide bonds. The Hall–Kier alpha value is -2.89. The number of carbonyl (C=O) groups excluding carboxylic acids is 3. The molecule has 0 unspecified atom stereocenters. The highest BCUT2D eigenvalue weighted by atomic mass is 16.6. The van der Waals surface area contributed by atoms with Gasteiger partial charge < -0.3 is 14.2 Å². The predicted octanol–water partition coefficient (Wildman–Crippen LogP) is 20.0. The van der Waals surface area contributed by atoms with Gasteiger partial charge in [-0.15, -0.1) is 0 Å². The first kappa shape index (κ1) is 66.1. The Bertz CT molecular complexity index is 1250. The van der Waals surface area contributed by atoms with E-state index in [4.69, 9.17) is 14.2 Å². The van der Waals surface area contributed by atoms with Crippen molar-refractivity contribution in [2.45, 2.75) is 309 Å². The van der Waals surface area contributed by atoms with Gasteiger partial charge in [-0.25, -0.2) is 0 Å². The predicted molar refractivity (Wildman–Crippen MR) is 298 cm³/mol. The fourth-order valence-electron chi connectivity index (χ4n) is 8.47. The summed E-state index contributed by atoms with van der Waals surface area (Å²) in [6, 6.07) is 0. The molecule has 400 valence electrons. The van der Waals surface area contributed by atoms with E-state index in [0.717, 1.165) is 89.9 Å². The van der Waals surface area contributed by atoms with Gasteiger partial charge in [0, 0.05) is 19.3 Å². The molecular formula is C63H112O6. The largest absolute Gasteiger partial charge is 0.462 e. The maximum Gasteiger partial charge on any atom is 0.306 e. The fourth-order valence-corrected chi connectivity index (χ4v) is 8.47. The van der Waals surface area contributed by atoms with E-state index in [0.29, 0.717) is 19.3 Å². The number of unbranched alkanes of at least 4 members (excludes halogenated alkanes) is 33. The van der Waals surface area contributed by atoms with Gasteiger partial charge in [0.15, 0.2) is 6.10 Å². The SMILES string of the molecule is CCCC/C=C\CCCCCCCC(=O)OC[C@@H](COC(=O)CCCCC/C=C\C/C=C\C/C=C\C/C=C\CCCCC)OC(=O)CCCCCCCCCCCCCCCCCCCCCCC. The topological polar surface area (TPSA) is 78.9 Å². The lowest BCUT2D eigenvalue weighted by Crippen LogP contribution is -2.30. The van der Waals surface area contributed by atoms with Crippen LogP contribution in [-0.2, 0) is 28.6 Å². The zero-order chi connectivity index (χ0) is 50.0. The molecule has 0 heterocycles. The minimum atomic E-state index is -0.789. The lowest BCUT2D eigenvalue weighted by Gasteiger charge is -2.18. The Labute approximate surface area is 428 Å². The second-order valence-corrected chi connectivity index (χ2v) is 19.9. The van der Waals surface area contributed by atoms with Crippen molar-refractivity contribution >= 4 is 17.9 Å². The Morgan fingerprint density at radius 3 is 0.913 bits per heavy atom. The van der Waals surface area contributed by atoms with Gasteiger partial charge in [-0.05, 0) is 83.5 Å². The standard InChI is InChI=1S/C63H112O6/c1-4-7-10-13-16-19-22-24-26-28-30-31-33-35-37-39-42-45-48-51-54-57-63(66)69-60(58-67-61(64)55-52-49-46-43-40-21-18-15-12-9-6-3)59-68-62(65)56-53-50-47-44-41-38-36-34-32-29-27-25-23-20-17-14-11-8-5-2/h15,17-18,20,25,27,32,34,38,41,60H,4-14,16,19,21-24,26,28-31,33,35-37,39-40,42-59H2,1-3H3/b18-15-,20-17-,27-25-,34-32-,41-38-/t60-/m0/s1. The molecule has 0 saturated carbocycles. The lowest BCUT2D eigenvalue weighted by atomic mass is 10.0. The molecule has 0 spiro atoms. The summed E-state index contributed by atoms with van der Waals surface area (Å²) in [5, 5.41) is 0. The minimum Gasteiger partial charge on any atom is -0.462 e. The van der Waals surface area contributed by atoms with Gasteiger partial charge in [0.1, 0.15) is 13.2 Å². The van der Waals surface area contributed by atoms with Crippen LogP contribution in [0, 0.1) is 0 Å². The summed E-state index contributed by atoms with van der Waals surface area (Å²) < 4.78 is 16.8. The quantitative estimate of drug-likeness (QED) is 0.0262. The van der Waals surface area contributed by atoms with Crippen LogP contribution in [0.1, 0.15) is 303 Å². The van der Waals surface area contributed by atoms with E-state index in [-0.39, 0.29) is 31.1 Å². The van der Waals surface area contributed by atoms with E-state index >= 15 is 0 Å². The van der Waals surface area contributed by atoms with Crippen molar-refractivity contribution in [2.24, 2.45) is 0 Å². The number of esters is 3. The Morgan fingerprint density at radius 2 is 0.536 bits per heavy atom. The molecule has 6 nitrogen and oxygen atoms in total. The summed E-state index contributed by atoms with van der Waals surface area (Å²) in [5.74, 6) is -0.914. The summed E-state index contributed by atoms with van der Waals surface area (Å²) in [6.45, 7) is 6.57. The normalized spacial score (nSPS) is 12.4. The van der Waals surface area contributed by atoms with Crippen molar-refractivity contribution in [1.82, 2.24) is 0 Å². The van der Waals surface area contributed by atoms with Crippen LogP contribution in [-0.4, -0.2) is 37.2 Å². The number of rotatable bonds is 54. The molecule has 0 saturated heterocycles. The van der Waals surface area contributed by atoms with Gasteiger partial charge in [0.2, 0.25) is 0 Å². The maximum atomic E-state index is 12.9. The molecule has 0 aliphatic heterocycles. The Balaban J connectivity index is 4.34. The van der Waals surface area contributed by atoms with Gasteiger partial charge in [-0.3, -0.25) is 14.4 Å². The van der Waals surface area contributed by atoms with E-state index in [1.165, 1.54) is 173 Å². The highest BCUT2D eigenvalue weighted by molar-refractivity contribution is 5.71. The van der Waals surface area contributed by atoms with Crippen LogP contribution >= 0.6 is 0 Å². The summed E-state index contributed by atoms with van der Waals surface area (Å²) in [5.41, 5.74) is 0. The van der Waals surface area contributed by atoms with Gasteiger partial charge in [-0.2, -0.15) is 0 Å². The second kappa shape index (κ2) is 57.7. The van der Waals surface area contributed by atoms with Gasteiger partial charge in [0.05, 0.1) is 0 Å². The third-order valence-corrected chi connectivity index (χ3v) is 13.0. The van der Waals surface area contributed by atoms with Gasteiger partial charge >= 0.3 is 17.9 Å². The van der Waals surface area contributed by atoms with Crippen LogP contribution in [0.2, 0.25) is 0 Å². The smallest absolute Gasteiger partial charge is 0.306 e. The van der Waals surface area contributed by atoms with Crippen LogP contribution in [0.3, 0.4) is 0 Å². The van der Waals surface area contributed by atoms with Gasteiger partial charge in [-0.1, -0.05) is 261 Å². The molecule has 1 atom stereocenters. The van der Waals surface area contributed by atoms with Crippen molar-refractivity contribution in [3.05, 3.63) is 60.8 Å². The number of allylic oxidation sites excluding steroid dienone is 10. The van der Waals surface area contributed by atoms with Crippen LogP contribution in [0.5, 0.6) is 0 Å². The van der Waals surface area contributed by atoms with Crippen LogP contribution in [0.15, 0.2) is 60.8 Å². The fraction of sp³-hybridized carbons (Fsp3) is 0.794. The third-order valence-electron chi connectivity index (χ3n) is 13.0. The first-order chi connectivity index (χ1) is 34.0. The van der Waals surface area contributed by atoms with Crippen LogP contribution in [0.25, 0.3) is 0 Å². The molecule has 6 heteroatoms. The molecule has 69 heavy (non-hydrogen) atoms. The molecule has 0 aromatic rings. The zero-order valence-corrected chi connectivity index (χ0v) is 45.8. The first-order valence-corrected chi connectivity index (χ1v) is 29.8. The highest BCUT2D eigenvalue weighted by Gasteiger charge is 2.19. The van der Waals surface area contributed by atoms with Crippen molar-refractivity contribution in [3.8, 4) is 0 Å². The van der Waals surface area contributed by atoms with Gasteiger partial charge in [0.25, 0.3) is 0 Å². The molecule has 0 aromatic heterocycles. The number of hydrogen-bond acceptors (Lipinski definition) is 6. The van der Waals surface area contributed by atoms with E-state index in [1.54, 1.807) is 0 Å². The molecule has 0 rings (SSSR count). The molecular weight excluding hydrogens is 853 g/mol. The summed E-state index contributed by atoms with van der Waals surface area (Å²) in [4.78, 5) is 38.1. The van der Waals surface area contributed by atoms with Crippen molar-refractivity contribution in [1.29, 1.82) is 0 Å². The summed E-state index contributed by atoms with van der Waals surface area (Å²) in [6.07, 6.45) is 72.2. The Kier molecular flexibility index (Phi) is 55.3. The van der Waals surface area contributed by atoms with E-state index in [1.807, 2.05) is 0 Å². The summed E-state index contributed by atoms with van der Waals surface area (Å²) in [7, 11) is 0. The average molecular weight is 966 g/mol. The highest BCUT2D eigenvalue weighted by Crippen LogP contribution is 2.17. The zero-order valence-electron chi connectivity index (χ0n) is 45.8. The van der Waals surface area contributed by atoms with E-state index in [2.05, 4.69) is 81.5 Å². The molecule has 0 aromatic carbocycles. The van der Waals surface area contributed by atoms with Crippen LogP contribution in [0.4, 0.5) is 0 Å². The van der Waals surface area contributed by atoms with E-state index < -0.39 is 6.10 Å². The number of hydrogen-bond donors (Lipinski definition) is 0. The molecule has 0 aliphatic rings. The van der Waals surface area contributed by atoms with Crippen molar-refractivity contribution in [3.63, 3.8) is 0 Å². The number of carbonyl (C=O) groups is 3. The summed E-state index contributed by atoms with van der Waals surface area (Å²) >= 11 is 0. The molecule has 0 bridgehead atoms. The Morgan fingerprint density at radius 1 is 0.290 bits per heavy atom. The third kappa shape index (κ3) is 55.9. The second-order valence-electron chi connectivity index (χ2n) is 19.9. The van der Waals surface area contributed by atoms with Crippen LogP contribution < -0.4 is 0 Å². The molecule has 0 radical (unpaired) electrons. The monoisotopic (exact) mass is 965 g/mol. The van der Waals surface area contributed by atoms with Crippen molar-refractivity contribution < 1.29 is 28.6 Å². The first-order valence-electron chi connectivity index (χ1n) is 29.8. The lowest BCUT2D eigenvalue weighted by molar-refractivity contribution is -0.167. The average Bonchev–Trinajstić information content (AvgIpc) is 3.35. The number of ether oxygens (including phenoxy) is 3. The molecule has 0 N–H and O–H groups in total. The minimum absolute atomic E-state index is 0.0867. The van der Waals surface area contributed by atoms with E-state index in [9.17, 15) is 14.4 Å².